The lowest BCUT2D eigenvalue weighted by molar-refractivity contribution is 0.330. The molecule has 0 aliphatic rings. The van der Waals surface area contributed by atoms with Gasteiger partial charge >= 0.3 is 0 Å². The molecule has 0 atom stereocenters. The molecule has 0 aromatic heterocycles. The quantitative estimate of drug-likeness (QED) is 0.519. The summed E-state index contributed by atoms with van der Waals surface area (Å²) in [5, 5.41) is 8.45. The Balaban J connectivity index is 0. The summed E-state index contributed by atoms with van der Waals surface area (Å²) in [6.45, 7) is 6.11. The van der Waals surface area contributed by atoms with E-state index in [1.807, 2.05) is 20.8 Å². The van der Waals surface area contributed by atoms with E-state index < -0.39 is 0 Å². The van der Waals surface area contributed by atoms with Gasteiger partial charge in [0, 0.05) is 0 Å². The summed E-state index contributed by atoms with van der Waals surface area (Å²) >= 11 is 0. The van der Waals surface area contributed by atoms with Gasteiger partial charge in [0.05, 0.1) is 6.61 Å². The molecule has 0 amide bonds. The molecule has 0 rings (SSSR count). The first-order valence-electron chi connectivity index (χ1n) is 2.42. The molecule has 0 heterocycles. The molecule has 0 aliphatic heterocycles. The highest BCUT2D eigenvalue weighted by molar-refractivity contribution is 5.05. The second-order valence-corrected chi connectivity index (χ2v) is 1.94. The molecule has 0 unspecified atom stereocenters. The molecule has 0 saturated heterocycles. The van der Waals surface area contributed by atoms with Crippen molar-refractivity contribution in [3.05, 3.63) is 11.1 Å². The smallest absolute Gasteiger partial charge is 0.0641 e. The Morgan fingerprint density at radius 1 is 1.25 bits per heavy atom. The number of hydrogen-bond donors (Lipinski definition) is 1. The maximum atomic E-state index is 8.45. The second-order valence-electron chi connectivity index (χ2n) is 1.94. The lowest BCUT2D eigenvalue weighted by Crippen LogP contribution is -1.85. The standard InChI is InChI=1S/C6H12O.CH4/c1-5(2)6(3)4-7;/h7H,4H2,1-3H3;1H4. The first kappa shape index (κ1) is 10.6. The van der Waals surface area contributed by atoms with Gasteiger partial charge < -0.3 is 5.11 Å². The topological polar surface area (TPSA) is 20.2 Å². The Hall–Kier alpha value is -0.300. The number of allylic oxidation sites excluding steroid dienone is 1. The molecular formula is C7H16O. The molecule has 0 aromatic rings. The highest BCUT2D eigenvalue weighted by Crippen LogP contribution is 1.97. The first-order valence-corrected chi connectivity index (χ1v) is 2.42. The molecule has 50 valence electrons. The zero-order chi connectivity index (χ0) is 5.86. The molecule has 1 heteroatoms. The molecule has 0 fully saturated rings. The van der Waals surface area contributed by atoms with E-state index in [4.69, 9.17) is 5.11 Å². The third kappa shape index (κ3) is 3.88. The summed E-state index contributed by atoms with van der Waals surface area (Å²) in [7, 11) is 0. The minimum Gasteiger partial charge on any atom is -0.392 e. The van der Waals surface area contributed by atoms with Crippen LogP contribution >= 0.6 is 0 Å². The van der Waals surface area contributed by atoms with Crippen molar-refractivity contribution in [2.75, 3.05) is 6.61 Å². The number of rotatable bonds is 1. The van der Waals surface area contributed by atoms with E-state index in [0.29, 0.717) is 0 Å². The number of hydrogen-bond acceptors (Lipinski definition) is 1. The van der Waals surface area contributed by atoms with Crippen molar-refractivity contribution in [2.45, 2.75) is 28.2 Å². The van der Waals surface area contributed by atoms with Crippen molar-refractivity contribution in [2.24, 2.45) is 0 Å². The molecule has 1 nitrogen and oxygen atoms in total. The van der Waals surface area contributed by atoms with E-state index >= 15 is 0 Å². The maximum Gasteiger partial charge on any atom is 0.0641 e. The van der Waals surface area contributed by atoms with Gasteiger partial charge in [-0.1, -0.05) is 13.0 Å². The van der Waals surface area contributed by atoms with Gasteiger partial charge in [0.15, 0.2) is 0 Å². The van der Waals surface area contributed by atoms with Crippen LogP contribution in [0.1, 0.15) is 28.2 Å². The van der Waals surface area contributed by atoms with Crippen molar-refractivity contribution >= 4 is 0 Å². The molecule has 0 aliphatic carbocycles. The predicted molar refractivity (Wildman–Crippen MR) is 37.9 cm³/mol. The van der Waals surface area contributed by atoms with E-state index in [2.05, 4.69) is 0 Å². The van der Waals surface area contributed by atoms with Gasteiger partial charge in [-0.05, 0) is 26.3 Å². The summed E-state index contributed by atoms with van der Waals surface area (Å²) < 4.78 is 0. The fourth-order valence-electron chi connectivity index (χ4n) is 0.158. The summed E-state index contributed by atoms with van der Waals surface area (Å²) in [5.74, 6) is 0. The van der Waals surface area contributed by atoms with Crippen LogP contribution in [-0.4, -0.2) is 11.7 Å². The first-order chi connectivity index (χ1) is 3.18. The van der Waals surface area contributed by atoms with Gasteiger partial charge in [-0.15, -0.1) is 0 Å². The summed E-state index contributed by atoms with van der Waals surface area (Å²) in [6, 6.07) is 0. The van der Waals surface area contributed by atoms with E-state index in [-0.39, 0.29) is 14.0 Å². The Morgan fingerprint density at radius 2 is 1.62 bits per heavy atom. The van der Waals surface area contributed by atoms with Crippen LogP contribution in [0.5, 0.6) is 0 Å². The van der Waals surface area contributed by atoms with Crippen molar-refractivity contribution in [1.82, 2.24) is 0 Å². The molecule has 0 spiro atoms. The van der Waals surface area contributed by atoms with Crippen LogP contribution in [0.2, 0.25) is 0 Å². The maximum absolute atomic E-state index is 8.45. The minimum atomic E-state index is 0. The fraction of sp³-hybridized carbons (Fsp3) is 0.714. The van der Waals surface area contributed by atoms with Crippen molar-refractivity contribution in [1.29, 1.82) is 0 Å². The van der Waals surface area contributed by atoms with E-state index in [0.717, 1.165) is 5.57 Å². The van der Waals surface area contributed by atoms with Crippen LogP contribution < -0.4 is 0 Å². The normalized spacial score (nSPS) is 7.50. The molecule has 1 N–H and O–H groups in total. The third-order valence-corrected chi connectivity index (χ3v) is 1.09. The van der Waals surface area contributed by atoms with Crippen LogP contribution in [-0.2, 0) is 0 Å². The van der Waals surface area contributed by atoms with Crippen molar-refractivity contribution in [3.8, 4) is 0 Å². The van der Waals surface area contributed by atoms with E-state index in [1.54, 1.807) is 0 Å². The highest BCUT2D eigenvalue weighted by Gasteiger charge is 1.84. The zero-order valence-corrected chi connectivity index (χ0v) is 5.15. The molecular weight excluding hydrogens is 100 g/mol. The van der Waals surface area contributed by atoms with Gasteiger partial charge in [-0.25, -0.2) is 0 Å². The predicted octanol–water partition coefficient (Wildman–Crippen LogP) is 1.97. The summed E-state index contributed by atoms with van der Waals surface area (Å²) in [5.41, 5.74) is 2.28. The van der Waals surface area contributed by atoms with Crippen LogP contribution in [0.25, 0.3) is 0 Å². The van der Waals surface area contributed by atoms with Gasteiger partial charge in [-0.3, -0.25) is 0 Å². The van der Waals surface area contributed by atoms with Crippen LogP contribution in [0, 0.1) is 0 Å². The lowest BCUT2D eigenvalue weighted by Gasteiger charge is -1.94. The Kier molecular flexibility index (Phi) is 6.45. The Bertz CT molecular complexity index is 78.4. The monoisotopic (exact) mass is 116 g/mol. The van der Waals surface area contributed by atoms with Crippen molar-refractivity contribution < 1.29 is 5.11 Å². The molecule has 8 heavy (non-hydrogen) atoms. The Morgan fingerprint density at radius 3 is 1.62 bits per heavy atom. The Labute approximate surface area is 52.0 Å². The lowest BCUT2D eigenvalue weighted by atomic mass is 10.2. The summed E-state index contributed by atoms with van der Waals surface area (Å²) in [6.07, 6.45) is 0. The average Bonchev–Trinajstić information content (AvgIpc) is 1.65. The molecule has 0 saturated carbocycles. The molecule has 0 bridgehead atoms. The average molecular weight is 116 g/mol. The van der Waals surface area contributed by atoms with E-state index in [9.17, 15) is 0 Å². The van der Waals surface area contributed by atoms with Gasteiger partial charge in [-0.2, -0.15) is 0 Å². The van der Waals surface area contributed by atoms with Crippen LogP contribution in [0.4, 0.5) is 0 Å². The van der Waals surface area contributed by atoms with Crippen LogP contribution in [0.15, 0.2) is 11.1 Å². The van der Waals surface area contributed by atoms with Gasteiger partial charge in [0.2, 0.25) is 0 Å². The van der Waals surface area contributed by atoms with E-state index in [1.165, 1.54) is 5.57 Å². The SMILES string of the molecule is C.CC(C)=C(C)CO. The second kappa shape index (κ2) is 4.85. The highest BCUT2D eigenvalue weighted by atomic mass is 16.3. The van der Waals surface area contributed by atoms with Gasteiger partial charge in [0.1, 0.15) is 0 Å². The third-order valence-electron chi connectivity index (χ3n) is 1.09. The summed E-state index contributed by atoms with van der Waals surface area (Å²) in [4.78, 5) is 0. The largest absolute Gasteiger partial charge is 0.392 e. The van der Waals surface area contributed by atoms with Crippen LogP contribution in [0.3, 0.4) is 0 Å². The fourth-order valence-corrected chi connectivity index (χ4v) is 0.158. The molecule has 0 radical (unpaired) electrons. The minimum absolute atomic E-state index is 0. The van der Waals surface area contributed by atoms with Gasteiger partial charge in [0.25, 0.3) is 0 Å². The number of aliphatic hydroxyl groups excluding tert-OH is 1. The zero-order valence-electron chi connectivity index (χ0n) is 5.15. The van der Waals surface area contributed by atoms with Crippen molar-refractivity contribution in [3.63, 3.8) is 0 Å². The number of aliphatic hydroxyl groups is 1. The molecule has 0 aromatic carbocycles.